The number of aromatic hydroxyl groups is 2. The molecule has 0 saturated carbocycles. The Hall–Kier alpha value is -7.44. The molecule has 0 fully saturated rings. The summed E-state index contributed by atoms with van der Waals surface area (Å²) in [6.07, 6.45) is 1.87. The molecular formula is C68H64O6. The van der Waals surface area contributed by atoms with Gasteiger partial charge in [-0.2, -0.15) is 0 Å². The van der Waals surface area contributed by atoms with Crippen molar-refractivity contribution in [3.8, 4) is 34.5 Å². The summed E-state index contributed by atoms with van der Waals surface area (Å²) >= 11 is 0. The molecule has 6 nitrogen and oxygen atoms in total. The second kappa shape index (κ2) is 16.5. The summed E-state index contributed by atoms with van der Waals surface area (Å²) in [5.74, 6) is 3.51. The molecule has 0 heterocycles. The lowest BCUT2D eigenvalue weighted by Crippen LogP contribution is -2.29. The predicted octanol–water partition coefficient (Wildman–Crippen LogP) is 14.4. The number of ether oxygens (including phenoxy) is 4. The van der Waals surface area contributed by atoms with Crippen molar-refractivity contribution in [3.05, 3.63) is 244 Å². The number of phenolic OH excluding ortho intramolecular Hbond substituents is 2. The molecule has 8 aromatic carbocycles. The molecule has 7 aliphatic carbocycles. The number of hydrogen-bond donors (Lipinski definition) is 2. The number of rotatable bonds is 4. The molecule has 8 aromatic rings. The molecule has 0 aromatic heterocycles. The molecule has 0 amide bonds. The number of benzene rings is 8. The second-order valence-corrected chi connectivity index (χ2v) is 23.5. The molecule has 7 aliphatic rings. The summed E-state index contributed by atoms with van der Waals surface area (Å²) in [7, 11) is 7.16. The summed E-state index contributed by atoms with van der Waals surface area (Å²) in [6, 6.07) is 44.5. The minimum atomic E-state index is -0.202. The fourth-order valence-electron chi connectivity index (χ4n) is 14.1. The fraction of sp³-hybridized carbons (Fsp3) is 0.294. The van der Waals surface area contributed by atoms with Gasteiger partial charge in [-0.1, -0.05) is 163 Å². The fourth-order valence-corrected chi connectivity index (χ4v) is 14.1. The van der Waals surface area contributed by atoms with Crippen molar-refractivity contribution in [2.45, 2.75) is 102 Å². The van der Waals surface area contributed by atoms with Gasteiger partial charge in [0.2, 0.25) is 0 Å². The zero-order valence-corrected chi connectivity index (χ0v) is 44.2. The van der Waals surface area contributed by atoms with Crippen LogP contribution in [0.5, 0.6) is 34.5 Å². The molecule has 74 heavy (non-hydrogen) atoms. The summed E-state index contributed by atoms with van der Waals surface area (Å²) in [6.45, 7) is 13.5. The molecule has 0 saturated heterocycles. The van der Waals surface area contributed by atoms with Crippen molar-refractivity contribution in [1.29, 1.82) is 0 Å². The molecule has 0 atom stereocenters. The maximum Gasteiger partial charge on any atom is 0.126 e. The third-order valence-corrected chi connectivity index (χ3v) is 17.5. The van der Waals surface area contributed by atoms with Crippen LogP contribution in [0.15, 0.2) is 121 Å². The highest BCUT2D eigenvalue weighted by Gasteiger charge is 2.47. The van der Waals surface area contributed by atoms with E-state index in [1.807, 2.05) is 0 Å². The van der Waals surface area contributed by atoms with Gasteiger partial charge in [0.15, 0.2) is 0 Å². The Bertz CT molecular complexity index is 3280. The van der Waals surface area contributed by atoms with Crippen molar-refractivity contribution in [2.24, 2.45) is 0 Å². The van der Waals surface area contributed by atoms with Crippen LogP contribution in [0.1, 0.15) is 188 Å². The van der Waals surface area contributed by atoms with Gasteiger partial charge in [0, 0.05) is 71.6 Å². The highest BCUT2D eigenvalue weighted by Crippen LogP contribution is 2.63. The van der Waals surface area contributed by atoms with Gasteiger partial charge in [0.05, 0.1) is 28.4 Å². The molecular weight excluding hydrogens is 913 g/mol. The van der Waals surface area contributed by atoms with Gasteiger partial charge >= 0.3 is 0 Å². The highest BCUT2D eigenvalue weighted by molar-refractivity contribution is 5.77. The van der Waals surface area contributed by atoms with Gasteiger partial charge in [-0.3, -0.25) is 0 Å². The van der Waals surface area contributed by atoms with E-state index in [1.165, 1.54) is 44.5 Å². The van der Waals surface area contributed by atoms with Crippen molar-refractivity contribution < 1.29 is 29.2 Å². The minimum absolute atomic E-state index is 0.0350. The van der Waals surface area contributed by atoms with Crippen LogP contribution in [0, 0.1) is 0 Å². The molecule has 0 radical (unpaired) electrons. The Morgan fingerprint density at radius 2 is 0.568 bits per heavy atom. The number of methoxy groups -OCH3 is 4. The number of fused-ring (bicyclic) bond motifs is 8. The lowest BCUT2D eigenvalue weighted by atomic mass is 9.60. The molecule has 15 rings (SSSR count). The van der Waals surface area contributed by atoms with E-state index in [2.05, 4.69) is 163 Å². The monoisotopic (exact) mass is 976 g/mol. The average Bonchev–Trinajstić information content (AvgIpc) is 3.40. The maximum atomic E-state index is 12.7. The standard InChI is InChI=1S/C68H64O6/c1-67(2,3)43-31-39-27-35-19-23-49-53-45-15-11-13-17-47(45)55(57(49)63(35)71-7)59-51(53)25-21-37(65(59)73-9)29-41-33-44(68(4,5)6)34-42(62(41)70)30-38-22-26-52-54-46-16-12-14-18-48(46)56(60(52)66(38)74-10)58-50(54)24-20-36(64(58)72-8)28-40(32-43)61(39)69/h11-26,31-34,53-56,69-70H,27-30H2,1-10H3. The van der Waals surface area contributed by atoms with E-state index in [-0.39, 0.29) is 34.5 Å². The molecule has 16 bridgehead atoms. The first kappa shape index (κ1) is 46.4. The minimum Gasteiger partial charge on any atom is -0.507 e. The van der Waals surface area contributed by atoms with Crippen LogP contribution in [-0.2, 0) is 36.5 Å². The molecule has 372 valence electrons. The largest absolute Gasteiger partial charge is 0.507 e. The first-order chi connectivity index (χ1) is 35.6. The van der Waals surface area contributed by atoms with Crippen LogP contribution in [0.3, 0.4) is 0 Å². The van der Waals surface area contributed by atoms with Crippen LogP contribution in [0.4, 0.5) is 0 Å². The van der Waals surface area contributed by atoms with Gasteiger partial charge < -0.3 is 29.2 Å². The average molecular weight is 977 g/mol. The third kappa shape index (κ3) is 6.62. The zero-order chi connectivity index (χ0) is 51.3. The molecule has 0 aliphatic heterocycles. The summed E-state index contributed by atoms with van der Waals surface area (Å²) < 4.78 is 26.6. The summed E-state index contributed by atoms with van der Waals surface area (Å²) in [5.41, 5.74) is 24.0. The van der Waals surface area contributed by atoms with Gasteiger partial charge in [0.25, 0.3) is 0 Å². The van der Waals surface area contributed by atoms with Crippen molar-refractivity contribution in [2.75, 3.05) is 28.4 Å². The van der Waals surface area contributed by atoms with Gasteiger partial charge in [-0.25, -0.2) is 0 Å². The molecule has 0 spiro atoms. The van der Waals surface area contributed by atoms with Crippen molar-refractivity contribution >= 4 is 0 Å². The topological polar surface area (TPSA) is 77.4 Å². The number of phenols is 2. The first-order valence-electron chi connectivity index (χ1n) is 26.3. The van der Waals surface area contributed by atoms with E-state index < -0.39 is 0 Å². The van der Waals surface area contributed by atoms with Gasteiger partial charge in [0.1, 0.15) is 34.5 Å². The van der Waals surface area contributed by atoms with Crippen molar-refractivity contribution in [1.82, 2.24) is 0 Å². The first-order valence-corrected chi connectivity index (χ1v) is 26.3. The van der Waals surface area contributed by atoms with E-state index in [0.29, 0.717) is 37.2 Å². The van der Waals surface area contributed by atoms with E-state index in [1.54, 1.807) is 28.4 Å². The van der Waals surface area contributed by atoms with E-state index in [9.17, 15) is 10.2 Å². The van der Waals surface area contributed by atoms with Crippen LogP contribution in [-0.4, -0.2) is 38.7 Å². The van der Waals surface area contributed by atoms with Gasteiger partial charge in [-0.05, 0) is 111 Å². The Kier molecular flexibility index (Phi) is 10.4. The normalized spacial score (nSPS) is 18.3. The van der Waals surface area contributed by atoms with Crippen LogP contribution < -0.4 is 18.9 Å². The Morgan fingerprint density at radius 1 is 0.324 bits per heavy atom. The summed E-state index contributed by atoms with van der Waals surface area (Å²) in [4.78, 5) is 0. The second-order valence-electron chi connectivity index (χ2n) is 23.5. The Labute approximate surface area is 435 Å². The van der Waals surface area contributed by atoms with Gasteiger partial charge in [-0.15, -0.1) is 0 Å². The Morgan fingerprint density at radius 3 is 0.797 bits per heavy atom. The van der Waals surface area contributed by atoms with Crippen LogP contribution in [0.25, 0.3) is 0 Å². The number of hydrogen-bond acceptors (Lipinski definition) is 6. The lowest BCUT2D eigenvalue weighted by Gasteiger charge is -2.44. The SMILES string of the molecule is COc1c2ccc3c1C1c4ccccc4C3c3ccc(c(OC)c31)Cc1cc(C(C)(C)C)cc(c1O)Cc1ccc3c(c1OC)C1c4ccccc4C3c3ccc(c(OC)c31)Cc1cc(C(C)(C)C)cc(c1O)C2. The smallest absolute Gasteiger partial charge is 0.126 e. The third-order valence-electron chi connectivity index (χ3n) is 17.5. The van der Waals surface area contributed by atoms with Crippen LogP contribution >= 0.6 is 0 Å². The quantitative estimate of drug-likeness (QED) is 0.183. The predicted molar refractivity (Wildman–Crippen MR) is 293 cm³/mol. The molecule has 2 N–H and O–H groups in total. The molecule has 0 unspecified atom stereocenters. The van der Waals surface area contributed by atoms with Crippen molar-refractivity contribution in [3.63, 3.8) is 0 Å². The molecule has 6 heteroatoms. The van der Waals surface area contributed by atoms with E-state index in [0.717, 1.165) is 101 Å². The summed E-state index contributed by atoms with van der Waals surface area (Å²) in [5, 5.41) is 25.4. The highest BCUT2D eigenvalue weighted by atomic mass is 16.5. The zero-order valence-electron chi connectivity index (χ0n) is 44.2. The van der Waals surface area contributed by atoms with E-state index in [4.69, 9.17) is 18.9 Å². The maximum absolute atomic E-state index is 12.7. The Balaban J connectivity index is 1.09. The van der Waals surface area contributed by atoms with E-state index >= 15 is 0 Å². The van der Waals surface area contributed by atoms with Crippen LogP contribution in [0.2, 0.25) is 0 Å². The lowest BCUT2D eigenvalue weighted by molar-refractivity contribution is 0.392.